The molecule has 0 bridgehead atoms. The number of piperidine rings is 1. The van der Waals surface area contributed by atoms with Gasteiger partial charge in [-0.15, -0.1) is 0 Å². The molecule has 0 aliphatic carbocycles. The topological polar surface area (TPSA) is 75.7 Å². The van der Waals surface area contributed by atoms with Gasteiger partial charge in [-0.05, 0) is 37.1 Å². The molecule has 2 aliphatic heterocycles. The van der Waals surface area contributed by atoms with E-state index in [9.17, 15) is 17.6 Å². The fourth-order valence-corrected chi connectivity index (χ4v) is 4.35. The summed E-state index contributed by atoms with van der Waals surface area (Å²) in [6.45, 7) is 1.76. The highest BCUT2D eigenvalue weighted by atomic mass is 32.2. The fraction of sp³-hybridized carbons (Fsp3) is 0.533. The number of nitrogens with one attached hydrogen (secondary N) is 1. The number of sulfonamides is 1. The molecule has 2 fully saturated rings. The van der Waals surface area contributed by atoms with Gasteiger partial charge in [-0.25, -0.2) is 17.5 Å². The third-order valence-electron chi connectivity index (χ3n) is 4.32. The van der Waals surface area contributed by atoms with E-state index in [1.54, 1.807) is 0 Å². The molecule has 0 radical (unpaired) electrons. The molecule has 1 aromatic rings. The molecule has 8 heteroatoms. The lowest BCUT2D eigenvalue weighted by molar-refractivity contribution is -0.142. The number of hydrogen-bond donors (Lipinski definition) is 1. The molecule has 0 saturated carbocycles. The monoisotopic (exact) mass is 342 g/mol. The maximum absolute atomic E-state index is 12.9. The summed E-state index contributed by atoms with van der Waals surface area (Å²) in [6.07, 6.45) is 1.96. The van der Waals surface area contributed by atoms with Crippen molar-refractivity contribution in [1.82, 2.24) is 9.62 Å². The molecular weight excluding hydrogens is 323 g/mol. The molecule has 0 aromatic heterocycles. The van der Waals surface area contributed by atoms with Crippen molar-refractivity contribution in [3.63, 3.8) is 0 Å². The SMILES string of the molecule is O=C1OCC[C@@H]1N1CCC(NS(=O)(=O)c2ccc(F)cc2)CC1. The van der Waals surface area contributed by atoms with Gasteiger partial charge < -0.3 is 4.74 Å². The minimum atomic E-state index is -3.65. The van der Waals surface area contributed by atoms with Crippen molar-refractivity contribution in [1.29, 1.82) is 0 Å². The maximum atomic E-state index is 12.9. The van der Waals surface area contributed by atoms with E-state index < -0.39 is 15.8 Å². The molecule has 126 valence electrons. The highest BCUT2D eigenvalue weighted by Crippen LogP contribution is 2.21. The number of rotatable bonds is 4. The van der Waals surface area contributed by atoms with Gasteiger partial charge in [0.25, 0.3) is 0 Å². The van der Waals surface area contributed by atoms with Crippen LogP contribution in [0.3, 0.4) is 0 Å². The molecule has 1 aromatic carbocycles. The zero-order chi connectivity index (χ0) is 16.4. The minimum Gasteiger partial charge on any atom is -0.464 e. The molecule has 2 heterocycles. The number of likely N-dealkylation sites (tertiary alicyclic amines) is 1. The number of ether oxygens (including phenoxy) is 1. The lowest BCUT2D eigenvalue weighted by Crippen LogP contribution is -2.49. The highest BCUT2D eigenvalue weighted by molar-refractivity contribution is 7.89. The van der Waals surface area contributed by atoms with Crippen LogP contribution in [0.2, 0.25) is 0 Å². The number of nitrogens with zero attached hydrogens (tertiary/aromatic N) is 1. The van der Waals surface area contributed by atoms with Crippen LogP contribution >= 0.6 is 0 Å². The fourth-order valence-electron chi connectivity index (χ4n) is 3.05. The predicted octanol–water partition coefficient (Wildman–Crippen LogP) is 0.884. The number of hydrogen-bond acceptors (Lipinski definition) is 5. The Bertz CT molecular complexity index is 669. The molecule has 1 N–H and O–H groups in total. The van der Waals surface area contributed by atoms with Crippen molar-refractivity contribution in [3.05, 3.63) is 30.1 Å². The second-order valence-electron chi connectivity index (χ2n) is 5.86. The molecule has 23 heavy (non-hydrogen) atoms. The van der Waals surface area contributed by atoms with E-state index in [1.165, 1.54) is 12.1 Å². The van der Waals surface area contributed by atoms with Crippen LogP contribution in [0.25, 0.3) is 0 Å². The van der Waals surface area contributed by atoms with E-state index in [2.05, 4.69) is 9.62 Å². The Hall–Kier alpha value is -1.51. The Labute approximate surface area is 134 Å². The molecule has 0 unspecified atom stereocenters. The summed E-state index contributed by atoms with van der Waals surface area (Å²) in [5.74, 6) is -0.656. The number of cyclic esters (lactones) is 1. The van der Waals surface area contributed by atoms with E-state index in [0.29, 0.717) is 39.0 Å². The van der Waals surface area contributed by atoms with E-state index in [4.69, 9.17) is 4.74 Å². The number of esters is 1. The highest BCUT2D eigenvalue weighted by Gasteiger charge is 2.35. The lowest BCUT2D eigenvalue weighted by Gasteiger charge is -2.34. The number of halogens is 1. The van der Waals surface area contributed by atoms with E-state index in [1.807, 2.05) is 0 Å². The first kappa shape index (κ1) is 16.4. The summed E-state index contributed by atoms with van der Waals surface area (Å²) in [5, 5.41) is 0. The third-order valence-corrected chi connectivity index (χ3v) is 5.86. The van der Waals surface area contributed by atoms with Crippen LogP contribution in [0.4, 0.5) is 4.39 Å². The van der Waals surface area contributed by atoms with Gasteiger partial charge in [0.1, 0.15) is 11.9 Å². The maximum Gasteiger partial charge on any atom is 0.323 e. The summed E-state index contributed by atoms with van der Waals surface area (Å²) < 4.78 is 45.1. The number of carbonyl (C=O) groups excluding carboxylic acids is 1. The second kappa shape index (κ2) is 6.54. The minimum absolute atomic E-state index is 0.0562. The van der Waals surface area contributed by atoms with Crippen LogP contribution in [0, 0.1) is 5.82 Å². The summed E-state index contributed by atoms with van der Waals surface area (Å²) in [4.78, 5) is 13.7. The van der Waals surface area contributed by atoms with Crippen molar-refractivity contribution in [2.75, 3.05) is 19.7 Å². The average Bonchev–Trinajstić information content (AvgIpc) is 2.94. The van der Waals surface area contributed by atoms with Crippen molar-refractivity contribution in [3.8, 4) is 0 Å². The molecule has 6 nitrogen and oxygen atoms in total. The van der Waals surface area contributed by atoms with Gasteiger partial charge in [-0.3, -0.25) is 9.69 Å². The van der Waals surface area contributed by atoms with Gasteiger partial charge in [0.2, 0.25) is 10.0 Å². The molecule has 2 aliphatic rings. The van der Waals surface area contributed by atoms with Crippen molar-refractivity contribution >= 4 is 16.0 Å². The molecule has 0 amide bonds. The Morgan fingerprint density at radius 1 is 1.13 bits per heavy atom. The molecular formula is C15H19FN2O4S. The van der Waals surface area contributed by atoms with Crippen LogP contribution < -0.4 is 4.72 Å². The van der Waals surface area contributed by atoms with Crippen molar-refractivity contribution < 1.29 is 22.3 Å². The normalized spacial score (nSPS) is 23.9. The third kappa shape index (κ3) is 3.70. The smallest absolute Gasteiger partial charge is 0.323 e. The zero-order valence-corrected chi connectivity index (χ0v) is 13.4. The summed E-state index contributed by atoms with van der Waals surface area (Å²) in [7, 11) is -3.65. The first-order chi connectivity index (χ1) is 11.0. The molecule has 0 spiro atoms. The standard InChI is InChI=1S/C15H19FN2O4S/c16-11-1-3-13(4-2-11)23(20,21)17-12-5-8-18(9-6-12)14-7-10-22-15(14)19/h1-4,12,14,17H,5-10H2/t14-/m0/s1. The lowest BCUT2D eigenvalue weighted by atomic mass is 10.0. The second-order valence-corrected chi connectivity index (χ2v) is 7.57. The van der Waals surface area contributed by atoms with Gasteiger partial charge in [0, 0.05) is 25.6 Å². The number of benzene rings is 1. The Balaban J connectivity index is 1.58. The average molecular weight is 342 g/mol. The summed E-state index contributed by atoms with van der Waals surface area (Å²) in [6, 6.07) is 4.39. The first-order valence-corrected chi connectivity index (χ1v) is 9.12. The molecule has 3 rings (SSSR count). The zero-order valence-electron chi connectivity index (χ0n) is 12.6. The largest absolute Gasteiger partial charge is 0.464 e. The number of carbonyl (C=O) groups is 1. The van der Waals surface area contributed by atoms with Crippen LogP contribution in [0.15, 0.2) is 29.2 Å². The van der Waals surface area contributed by atoms with Crippen LogP contribution in [0.1, 0.15) is 19.3 Å². The van der Waals surface area contributed by atoms with Crippen molar-refractivity contribution in [2.24, 2.45) is 0 Å². The quantitative estimate of drug-likeness (QED) is 0.822. The van der Waals surface area contributed by atoms with E-state index in [0.717, 1.165) is 12.1 Å². The molecule has 1 atom stereocenters. The predicted molar refractivity (Wildman–Crippen MR) is 80.7 cm³/mol. The van der Waals surface area contributed by atoms with Gasteiger partial charge in [-0.1, -0.05) is 0 Å². The van der Waals surface area contributed by atoms with Crippen molar-refractivity contribution in [2.45, 2.75) is 36.2 Å². The Morgan fingerprint density at radius 3 is 2.35 bits per heavy atom. The van der Waals surface area contributed by atoms with Gasteiger partial charge in [0.05, 0.1) is 11.5 Å². The van der Waals surface area contributed by atoms with Gasteiger partial charge >= 0.3 is 5.97 Å². The van der Waals surface area contributed by atoms with Crippen LogP contribution in [0.5, 0.6) is 0 Å². The Kier molecular flexibility index (Phi) is 4.65. The summed E-state index contributed by atoms with van der Waals surface area (Å²) >= 11 is 0. The Morgan fingerprint density at radius 2 is 1.78 bits per heavy atom. The summed E-state index contributed by atoms with van der Waals surface area (Å²) in [5.41, 5.74) is 0. The van der Waals surface area contributed by atoms with Gasteiger partial charge in [0.15, 0.2) is 0 Å². The van der Waals surface area contributed by atoms with E-state index >= 15 is 0 Å². The van der Waals surface area contributed by atoms with Gasteiger partial charge in [-0.2, -0.15) is 0 Å². The molecule has 2 saturated heterocycles. The van der Waals surface area contributed by atoms with E-state index in [-0.39, 0.29) is 22.9 Å². The first-order valence-electron chi connectivity index (χ1n) is 7.64. The van der Waals surface area contributed by atoms with Crippen LogP contribution in [-0.4, -0.2) is 51.1 Å². The van der Waals surface area contributed by atoms with Crippen LogP contribution in [-0.2, 0) is 19.6 Å².